The van der Waals surface area contributed by atoms with Gasteiger partial charge >= 0.3 is 0 Å². The summed E-state index contributed by atoms with van der Waals surface area (Å²) < 4.78 is 42.6. The van der Waals surface area contributed by atoms with Crippen molar-refractivity contribution >= 4 is 27.8 Å². The van der Waals surface area contributed by atoms with Gasteiger partial charge in [-0.15, -0.1) is 0 Å². The van der Waals surface area contributed by atoms with E-state index in [1.54, 1.807) is 30.3 Å². The molecule has 0 aliphatic carbocycles. The summed E-state index contributed by atoms with van der Waals surface area (Å²) in [5.41, 5.74) is 1.01. The average Bonchev–Trinajstić information content (AvgIpc) is 2.73. The van der Waals surface area contributed by atoms with E-state index in [-0.39, 0.29) is 5.82 Å². The standard InChI is InChI=1S/C21H23BrFNO5/c22-17-1-3-19(23)16(13-17)15-24-18-2-4-20-21(14-18)29-12-10-27-8-6-25-5-7-26-9-11-28-20/h1-4,13-15H,5-12H2. The molecule has 0 saturated heterocycles. The molecule has 0 N–H and O–H groups in total. The van der Waals surface area contributed by atoms with Gasteiger partial charge < -0.3 is 23.7 Å². The predicted octanol–water partition coefficient (Wildman–Crippen LogP) is 4.16. The SMILES string of the molecule is Fc1ccc(Br)cc1C=Nc1ccc2c(c1)OCCOCCOCCOCCO2. The van der Waals surface area contributed by atoms with Crippen LogP contribution in [0.5, 0.6) is 11.5 Å². The smallest absolute Gasteiger partial charge is 0.163 e. The highest BCUT2D eigenvalue weighted by Crippen LogP contribution is 2.32. The molecule has 0 fully saturated rings. The summed E-state index contributed by atoms with van der Waals surface area (Å²) in [4.78, 5) is 4.36. The lowest BCUT2D eigenvalue weighted by Crippen LogP contribution is -2.13. The summed E-state index contributed by atoms with van der Waals surface area (Å²) in [5.74, 6) is 0.795. The molecule has 2 aromatic rings. The number of benzene rings is 2. The third-order valence-corrected chi connectivity index (χ3v) is 4.45. The lowest BCUT2D eigenvalue weighted by molar-refractivity contribution is 0.00708. The molecule has 29 heavy (non-hydrogen) atoms. The highest BCUT2D eigenvalue weighted by molar-refractivity contribution is 9.10. The van der Waals surface area contributed by atoms with Crippen LogP contribution in [0.1, 0.15) is 5.56 Å². The summed E-state index contributed by atoms with van der Waals surface area (Å²) in [5, 5.41) is 0. The Bertz CT molecular complexity index is 818. The molecular weight excluding hydrogens is 445 g/mol. The largest absolute Gasteiger partial charge is 0.487 e. The number of halogens is 2. The fraction of sp³-hybridized carbons (Fsp3) is 0.381. The van der Waals surface area contributed by atoms with E-state index >= 15 is 0 Å². The van der Waals surface area contributed by atoms with Crippen molar-refractivity contribution in [3.63, 3.8) is 0 Å². The monoisotopic (exact) mass is 467 g/mol. The zero-order valence-corrected chi connectivity index (χ0v) is 17.5. The summed E-state index contributed by atoms with van der Waals surface area (Å²) in [6.45, 7) is 3.66. The minimum absolute atomic E-state index is 0.341. The Morgan fingerprint density at radius 2 is 1.38 bits per heavy atom. The van der Waals surface area contributed by atoms with Gasteiger partial charge in [-0.25, -0.2) is 4.39 Å². The van der Waals surface area contributed by atoms with E-state index in [2.05, 4.69) is 20.9 Å². The zero-order chi connectivity index (χ0) is 20.3. The predicted molar refractivity (Wildman–Crippen MR) is 111 cm³/mol. The van der Waals surface area contributed by atoms with Gasteiger partial charge in [0.25, 0.3) is 0 Å². The maximum Gasteiger partial charge on any atom is 0.163 e. The van der Waals surface area contributed by atoms with Crippen LogP contribution in [-0.2, 0) is 14.2 Å². The van der Waals surface area contributed by atoms with Gasteiger partial charge in [0, 0.05) is 22.3 Å². The lowest BCUT2D eigenvalue weighted by Gasteiger charge is -2.13. The fourth-order valence-corrected chi connectivity index (χ4v) is 2.91. The van der Waals surface area contributed by atoms with Gasteiger partial charge in [-0.05, 0) is 30.3 Å². The second-order valence-electron chi connectivity index (χ2n) is 6.09. The molecule has 0 radical (unpaired) electrons. The van der Waals surface area contributed by atoms with Crippen molar-refractivity contribution in [2.24, 2.45) is 4.99 Å². The maximum atomic E-state index is 13.9. The number of nitrogens with zero attached hydrogens (tertiary/aromatic N) is 1. The first-order valence-corrected chi connectivity index (χ1v) is 10.1. The summed E-state index contributed by atoms with van der Waals surface area (Å²) in [7, 11) is 0. The Kier molecular flexibility index (Phi) is 8.88. The van der Waals surface area contributed by atoms with Crippen LogP contribution >= 0.6 is 15.9 Å². The molecule has 0 unspecified atom stereocenters. The van der Waals surface area contributed by atoms with Crippen LogP contribution in [-0.4, -0.2) is 59.1 Å². The molecule has 0 amide bonds. The molecule has 0 spiro atoms. The Labute approximate surface area is 177 Å². The highest BCUT2D eigenvalue weighted by atomic mass is 79.9. The Hall–Kier alpha value is -2.00. The summed E-state index contributed by atoms with van der Waals surface area (Å²) >= 11 is 3.33. The van der Waals surface area contributed by atoms with Gasteiger partial charge in [-0.2, -0.15) is 0 Å². The van der Waals surface area contributed by atoms with E-state index in [1.807, 2.05) is 0 Å². The van der Waals surface area contributed by atoms with Crippen LogP contribution in [0.4, 0.5) is 10.1 Å². The van der Waals surface area contributed by atoms with E-state index in [0.717, 1.165) is 4.47 Å². The third-order valence-electron chi connectivity index (χ3n) is 3.95. The van der Waals surface area contributed by atoms with Gasteiger partial charge in [0.1, 0.15) is 19.0 Å². The Morgan fingerprint density at radius 1 is 0.759 bits per heavy atom. The van der Waals surface area contributed by atoms with Crippen molar-refractivity contribution in [2.75, 3.05) is 52.9 Å². The van der Waals surface area contributed by atoms with Crippen LogP contribution in [0.2, 0.25) is 0 Å². The number of fused-ring (bicyclic) bond motifs is 1. The second-order valence-corrected chi connectivity index (χ2v) is 7.00. The van der Waals surface area contributed by atoms with Crippen molar-refractivity contribution in [1.29, 1.82) is 0 Å². The number of rotatable bonds is 2. The highest BCUT2D eigenvalue weighted by Gasteiger charge is 2.08. The normalized spacial score (nSPS) is 16.9. The molecule has 1 heterocycles. The lowest BCUT2D eigenvalue weighted by atomic mass is 10.2. The molecule has 1 aliphatic rings. The van der Waals surface area contributed by atoms with Crippen molar-refractivity contribution in [1.82, 2.24) is 0 Å². The maximum absolute atomic E-state index is 13.9. The van der Waals surface area contributed by atoms with Crippen LogP contribution in [0.25, 0.3) is 0 Å². The number of hydrogen-bond donors (Lipinski definition) is 0. The first-order chi connectivity index (χ1) is 14.2. The molecule has 0 saturated carbocycles. The average molecular weight is 468 g/mol. The number of hydrogen-bond acceptors (Lipinski definition) is 6. The summed E-state index contributed by atoms with van der Waals surface area (Å²) in [6, 6.07) is 10.0. The molecule has 1 aliphatic heterocycles. The Balaban J connectivity index is 1.71. The molecule has 0 aromatic heterocycles. The van der Waals surface area contributed by atoms with Crippen molar-refractivity contribution in [3.05, 3.63) is 52.3 Å². The molecule has 156 valence electrons. The van der Waals surface area contributed by atoms with E-state index in [0.29, 0.717) is 75.6 Å². The minimum atomic E-state index is -0.341. The van der Waals surface area contributed by atoms with Crippen molar-refractivity contribution < 1.29 is 28.1 Å². The number of ether oxygens (including phenoxy) is 5. The summed E-state index contributed by atoms with van der Waals surface area (Å²) in [6.07, 6.45) is 1.48. The van der Waals surface area contributed by atoms with Gasteiger partial charge in [-0.3, -0.25) is 4.99 Å². The van der Waals surface area contributed by atoms with Crippen LogP contribution in [0.3, 0.4) is 0 Å². The fourth-order valence-electron chi connectivity index (χ4n) is 2.53. The van der Waals surface area contributed by atoms with Gasteiger partial charge in [-0.1, -0.05) is 15.9 Å². The van der Waals surface area contributed by atoms with E-state index < -0.39 is 0 Å². The first kappa shape index (κ1) is 21.7. The minimum Gasteiger partial charge on any atom is -0.487 e. The zero-order valence-electron chi connectivity index (χ0n) is 15.9. The van der Waals surface area contributed by atoms with E-state index in [9.17, 15) is 4.39 Å². The van der Waals surface area contributed by atoms with Crippen molar-refractivity contribution in [2.45, 2.75) is 0 Å². The van der Waals surface area contributed by atoms with E-state index in [1.165, 1.54) is 12.3 Å². The van der Waals surface area contributed by atoms with Crippen LogP contribution in [0.15, 0.2) is 45.9 Å². The topological polar surface area (TPSA) is 58.5 Å². The molecule has 3 rings (SSSR count). The third kappa shape index (κ3) is 7.40. The molecule has 0 atom stereocenters. The molecule has 6 nitrogen and oxygen atoms in total. The molecule has 2 aromatic carbocycles. The molecule has 0 bridgehead atoms. The Morgan fingerprint density at radius 3 is 2.07 bits per heavy atom. The quantitative estimate of drug-likeness (QED) is 0.620. The molecule has 8 heteroatoms. The second kappa shape index (κ2) is 11.9. The van der Waals surface area contributed by atoms with Crippen LogP contribution in [0, 0.1) is 5.82 Å². The van der Waals surface area contributed by atoms with Gasteiger partial charge in [0.2, 0.25) is 0 Å². The molecular formula is C21H23BrFNO5. The van der Waals surface area contributed by atoms with E-state index in [4.69, 9.17) is 23.7 Å². The van der Waals surface area contributed by atoms with Crippen molar-refractivity contribution in [3.8, 4) is 11.5 Å². The van der Waals surface area contributed by atoms with Gasteiger partial charge in [0.05, 0.1) is 45.3 Å². The first-order valence-electron chi connectivity index (χ1n) is 9.34. The van der Waals surface area contributed by atoms with Gasteiger partial charge in [0.15, 0.2) is 11.5 Å². The number of aliphatic imine (C=N–C) groups is 1. The van der Waals surface area contributed by atoms with Crippen LogP contribution < -0.4 is 9.47 Å².